The zero-order valence-electron chi connectivity index (χ0n) is 15.2. The molecule has 0 fully saturated rings. The third-order valence-corrected chi connectivity index (χ3v) is 3.76. The van der Waals surface area contributed by atoms with Crippen molar-refractivity contribution in [2.24, 2.45) is 11.3 Å². The van der Waals surface area contributed by atoms with Gasteiger partial charge in [0.05, 0.1) is 11.7 Å². The van der Waals surface area contributed by atoms with Gasteiger partial charge in [-0.05, 0) is 57.8 Å². The first-order valence-electron chi connectivity index (χ1n) is 8.31. The SMILES string of the molecule is CCC(C)(C)OC(C)CCOCCC(C)CC(C)(C)C. The van der Waals surface area contributed by atoms with E-state index in [1.807, 2.05) is 0 Å². The molecule has 0 aliphatic carbocycles. The molecule has 0 aromatic heterocycles. The summed E-state index contributed by atoms with van der Waals surface area (Å²) in [5.74, 6) is 0.739. The highest BCUT2D eigenvalue weighted by Gasteiger charge is 2.19. The molecule has 122 valence electrons. The first kappa shape index (κ1) is 19.9. The van der Waals surface area contributed by atoms with E-state index in [1.165, 1.54) is 6.42 Å². The minimum absolute atomic E-state index is 0.0133. The summed E-state index contributed by atoms with van der Waals surface area (Å²) in [6.07, 6.45) is 4.73. The maximum atomic E-state index is 6.00. The molecule has 0 aliphatic heterocycles. The maximum absolute atomic E-state index is 6.00. The zero-order chi connectivity index (χ0) is 15.8. The lowest BCUT2D eigenvalue weighted by Crippen LogP contribution is -2.29. The Hall–Kier alpha value is -0.0800. The molecule has 2 nitrogen and oxygen atoms in total. The molecule has 0 saturated heterocycles. The van der Waals surface area contributed by atoms with Gasteiger partial charge in [-0.3, -0.25) is 0 Å². The summed E-state index contributed by atoms with van der Waals surface area (Å²) >= 11 is 0. The molecule has 20 heavy (non-hydrogen) atoms. The van der Waals surface area contributed by atoms with Gasteiger partial charge in [-0.1, -0.05) is 34.6 Å². The third kappa shape index (κ3) is 11.7. The second kappa shape index (κ2) is 9.04. The van der Waals surface area contributed by atoms with Gasteiger partial charge in [0.1, 0.15) is 0 Å². The molecule has 0 rings (SSSR count). The fourth-order valence-electron chi connectivity index (χ4n) is 2.47. The molecule has 0 aliphatic rings. The zero-order valence-corrected chi connectivity index (χ0v) is 15.2. The second-order valence-corrected chi connectivity index (χ2v) is 8.10. The van der Waals surface area contributed by atoms with Gasteiger partial charge in [-0.25, -0.2) is 0 Å². The van der Waals surface area contributed by atoms with Gasteiger partial charge in [0, 0.05) is 13.2 Å². The third-order valence-electron chi connectivity index (χ3n) is 3.76. The highest BCUT2D eigenvalue weighted by atomic mass is 16.5. The molecule has 2 heteroatoms. The molecule has 0 spiro atoms. The van der Waals surface area contributed by atoms with E-state index in [-0.39, 0.29) is 11.7 Å². The predicted molar refractivity (Wildman–Crippen MR) is 88.2 cm³/mol. The van der Waals surface area contributed by atoms with Crippen LogP contribution in [-0.4, -0.2) is 24.9 Å². The van der Waals surface area contributed by atoms with Crippen molar-refractivity contribution in [3.63, 3.8) is 0 Å². The molecule has 0 saturated carbocycles. The van der Waals surface area contributed by atoms with Crippen molar-refractivity contribution in [2.75, 3.05) is 13.2 Å². The average molecular weight is 286 g/mol. The molecule has 0 N–H and O–H groups in total. The number of ether oxygens (including phenoxy) is 2. The molecule has 0 heterocycles. The van der Waals surface area contributed by atoms with Crippen LogP contribution in [0.15, 0.2) is 0 Å². The van der Waals surface area contributed by atoms with Crippen LogP contribution in [0.2, 0.25) is 0 Å². The van der Waals surface area contributed by atoms with Crippen LogP contribution in [0, 0.1) is 11.3 Å². The monoisotopic (exact) mass is 286 g/mol. The Morgan fingerprint density at radius 2 is 1.45 bits per heavy atom. The first-order chi connectivity index (χ1) is 9.06. The molecule has 0 radical (unpaired) electrons. The molecule has 2 unspecified atom stereocenters. The van der Waals surface area contributed by atoms with Crippen LogP contribution < -0.4 is 0 Å². The van der Waals surface area contributed by atoms with Crippen LogP contribution in [0.1, 0.15) is 81.1 Å². The Bertz CT molecular complexity index is 240. The fourth-order valence-corrected chi connectivity index (χ4v) is 2.47. The van der Waals surface area contributed by atoms with Gasteiger partial charge in [0.15, 0.2) is 0 Å². The topological polar surface area (TPSA) is 18.5 Å². The number of rotatable bonds is 10. The lowest BCUT2D eigenvalue weighted by molar-refractivity contribution is -0.0758. The van der Waals surface area contributed by atoms with Gasteiger partial charge in [-0.15, -0.1) is 0 Å². The molecular weight excluding hydrogens is 248 g/mol. The van der Waals surface area contributed by atoms with Gasteiger partial charge in [0.2, 0.25) is 0 Å². The van der Waals surface area contributed by atoms with E-state index < -0.39 is 0 Å². The largest absolute Gasteiger partial charge is 0.381 e. The Balaban J connectivity index is 3.62. The lowest BCUT2D eigenvalue weighted by atomic mass is 9.84. The van der Waals surface area contributed by atoms with Crippen molar-refractivity contribution in [2.45, 2.75) is 92.8 Å². The maximum Gasteiger partial charge on any atom is 0.0627 e. The van der Waals surface area contributed by atoms with E-state index in [4.69, 9.17) is 9.47 Å². The highest BCUT2D eigenvalue weighted by molar-refractivity contribution is 4.68. The molecule has 0 aromatic rings. The number of hydrogen-bond donors (Lipinski definition) is 0. The van der Waals surface area contributed by atoms with E-state index in [0.717, 1.165) is 38.4 Å². The summed E-state index contributed by atoms with van der Waals surface area (Å²) < 4.78 is 11.8. The summed E-state index contributed by atoms with van der Waals surface area (Å²) in [5, 5.41) is 0. The standard InChI is InChI=1S/C18H38O2/c1-9-18(7,8)20-16(3)11-13-19-12-10-15(2)14-17(4,5)6/h15-16H,9-14H2,1-8H3. The molecular formula is C18H38O2. The van der Waals surface area contributed by atoms with Crippen molar-refractivity contribution in [3.8, 4) is 0 Å². The molecule has 0 aromatic carbocycles. The van der Waals surface area contributed by atoms with Crippen LogP contribution in [0.5, 0.6) is 0 Å². The van der Waals surface area contributed by atoms with Crippen LogP contribution >= 0.6 is 0 Å². The molecule has 0 bridgehead atoms. The Morgan fingerprint density at radius 3 is 1.95 bits per heavy atom. The average Bonchev–Trinajstić information content (AvgIpc) is 2.25. The van der Waals surface area contributed by atoms with Gasteiger partial charge < -0.3 is 9.47 Å². The number of hydrogen-bond acceptors (Lipinski definition) is 2. The summed E-state index contributed by atoms with van der Waals surface area (Å²) in [7, 11) is 0. The van der Waals surface area contributed by atoms with Crippen molar-refractivity contribution in [1.82, 2.24) is 0 Å². The van der Waals surface area contributed by atoms with E-state index >= 15 is 0 Å². The first-order valence-corrected chi connectivity index (χ1v) is 8.31. The normalized spacial score (nSPS) is 16.2. The van der Waals surface area contributed by atoms with E-state index in [0.29, 0.717) is 5.41 Å². The summed E-state index contributed by atoms with van der Waals surface area (Å²) in [4.78, 5) is 0. The van der Waals surface area contributed by atoms with E-state index in [9.17, 15) is 0 Å². The Labute approximate surface area is 127 Å². The van der Waals surface area contributed by atoms with Crippen LogP contribution in [0.3, 0.4) is 0 Å². The predicted octanol–water partition coefficient (Wildman–Crippen LogP) is 5.45. The summed E-state index contributed by atoms with van der Waals surface area (Å²) in [6.45, 7) is 19.5. The summed E-state index contributed by atoms with van der Waals surface area (Å²) in [5.41, 5.74) is 0.411. The van der Waals surface area contributed by atoms with Crippen LogP contribution in [0.25, 0.3) is 0 Å². The van der Waals surface area contributed by atoms with Crippen molar-refractivity contribution in [3.05, 3.63) is 0 Å². The highest BCUT2D eigenvalue weighted by Crippen LogP contribution is 2.25. The minimum atomic E-state index is -0.0133. The minimum Gasteiger partial charge on any atom is -0.381 e. The lowest BCUT2D eigenvalue weighted by Gasteiger charge is -2.28. The van der Waals surface area contributed by atoms with E-state index in [2.05, 4.69) is 55.4 Å². The second-order valence-electron chi connectivity index (χ2n) is 8.10. The van der Waals surface area contributed by atoms with Crippen molar-refractivity contribution >= 4 is 0 Å². The van der Waals surface area contributed by atoms with Crippen LogP contribution in [0.4, 0.5) is 0 Å². The molecule has 0 amide bonds. The smallest absolute Gasteiger partial charge is 0.0627 e. The fraction of sp³-hybridized carbons (Fsp3) is 1.00. The van der Waals surface area contributed by atoms with Crippen molar-refractivity contribution < 1.29 is 9.47 Å². The van der Waals surface area contributed by atoms with E-state index in [1.54, 1.807) is 0 Å². The quantitative estimate of drug-likeness (QED) is 0.497. The Kier molecular flexibility index (Phi) is 9.01. The summed E-state index contributed by atoms with van der Waals surface area (Å²) in [6, 6.07) is 0. The Morgan fingerprint density at radius 1 is 0.900 bits per heavy atom. The van der Waals surface area contributed by atoms with Crippen LogP contribution in [-0.2, 0) is 9.47 Å². The van der Waals surface area contributed by atoms with Gasteiger partial charge >= 0.3 is 0 Å². The van der Waals surface area contributed by atoms with Gasteiger partial charge in [0.25, 0.3) is 0 Å². The van der Waals surface area contributed by atoms with Gasteiger partial charge in [-0.2, -0.15) is 0 Å². The van der Waals surface area contributed by atoms with Crippen molar-refractivity contribution in [1.29, 1.82) is 0 Å². The molecule has 2 atom stereocenters.